The third-order valence-electron chi connectivity index (χ3n) is 3.37. The lowest BCUT2D eigenvalue weighted by atomic mass is 10.1. The highest BCUT2D eigenvalue weighted by Gasteiger charge is 2.18. The summed E-state index contributed by atoms with van der Waals surface area (Å²) >= 11 is 0. The first-order chi connectivity index (χ1) is 8.83. The molecule has 1 aromatic heterocycles. The van der Waals surface area contributed by atoms with E-state index in [1.807, 2.05) is 12.1 Å². The Labute approximate surface area is 106 Å². The number of aryl methyl sites for hydroxylation is 1. The summed E-state index contributed by atoms with van der Waals surface area (Å²) in [4.78, 5) is 1.77. The summed E-state index contributed by atoms with van der Waals surface area (Å²) in [6, 6.07) is 8.61. The van der Waals surface area contributed by atoms with Crippen LogP contribution in [0.25, 0.3) is 11.4 Å². The van der Waals surface area contributed by atoms with Gasteiger partial charge in [0.2, 0.25) is 5.82 Å². The maximum atomic E-state index is 4.50. The van der Waals surface area contributed by atoms with E-state index >= 15 is 0 Å². The molecule has 2 aromatic rings. The van der Waals surface area contributed by atoms with Crippen molar-refractivity contribution < 1.29 is 0 Å². The summed E-state index contributed by atoms with van der Waals surface area (Å²) in [5.41, 5.74) is 2.27. The molecule has 0 unspecified atom stereocenters. The topological polar surface area (TPSA) is 55.6 Å². The summed E-state index contributed by atoms with van der Waals surface area (Å²) in [7, 11) is 0. The molecule has 1 aromatic carbocycles. The Kier molecular flexibility index (Phi) is 3.06. The van der Waals surface area contributed by atoms with Gasteiger partial charge in [0, 0.05) is 5.56 Å². The van der Waals surface area contributed by atoms with E-state index in [0.717, 1.165) is 31.5 Å². The molecule has 5 heteroatoms. The zero-order chi connectivity index (χ0) is 12.4. The summed E-state index contributed by atoms with van der Waals surface area (Å²) in [5, 5.41) is 16.2. The number of piperidine rings is 1. The Balaban J connectivity index is 1.82. The van der Waals surface area contributed by atoms with Gasteiger partial charge in [0.1, 0.15) is 0 Å². The highest BCUT2D eigenvalue weighted by Crippen LogP contribution is 2.19. The molecule has 18 heavy (non-hydrogen) atoms. The minimum absolute atomic E-state index is 0.387. The van der Waals surface area contributed by atoms with Crippen molar-refractivity contribution in [3.8, 4) is 11.4 Å². The molecule has 94 valence electrons. The highest BCUT2D eigenvalue weighted by atomic mass is 15.6. The fourth-order valence-electron chi connectivity index (χ4n) is 2.24. The third kappa shape index (κ3) is 2.26. The summed E-state index contributed by atoms with van der Waals surface area (Å²) < 4.78 is 0. The van der Waals surface area contributed by atoms with Crippen LogP contribution in [0, 0.1) is 6.92 Å². The van der Waals surface area contributed by atoms with Gasteiger partial charge in [-0.15, -0.1) is 10.2 Å². The number of aromatic nitrogens is 4. The molecule has 0 saturated carbocycles. The molecule has 1 fully saturated rings. The Hall–Kier alpha value is -1.75. The van der Waals surface area contributed by atoms with Gasteiger partial charge in [-0.05, 0) is 38.1 Å². The molecule has 0 bridgehead atoms. The van der Waals surface area contributed by atoms with Gasteiger partial charge >= 0.3 is 0 Å². The number of rotatable bonds is 2. The lowest BCUT2D eigenvalue weighted by Gasteiger charge is -2.20. The largest absolute Gasteiger partial charge is 0.317 e. The third-order valence-corrected chi connectivity index (χ3v) is 3.37. The second-order valence-electron chi connectivity index (χ2n) is 4.78. The molecule has 1 aliphatic rings. The molecule has 0 atom stereocenters. The molecule has 0 spiro atoms. The SMILES string of the molecule is Cc1ccc(-c2nnn(C3CCNCC3)n2)cc1. The average Bonchev–Trinajstić information content (AvgIpc) is 2.90. The van der Waals surface area contributed by atoms with E-state index < -0.39 is 0 Å². The smallest absolute Gasteiger partial charge is 0.204 e. The predicted molar refractivity (Wildman–Crippen MR) is 69.1 cm³/mol. The van der Waals surface area contributed by atoms with Crippen LogP contribution >= 0.6 is 0 Å². The van der Waals surface area contributed by atoms with Crippen molar-refractivity contribution in [3.63, 3.8) is 0 Å². The van der Waals surface area contributed by atoms with E-state index in [-0.39, 0.29) is 0 Å². The Morgan fingerprint density at radius 1 is 1.17 bits per heavy atom. The molecular weight excluding hydrogens is 226 g/mol. The number of nitrogens with one attached hydrogen (secondary N) is 1. The molecule has 5 nitrogen and oxygen atoms in total. The first-order valence-corrected chi connectivity index (χ1v) is 6.40. The lowest BCUT2D eigenvalue weighted by molar-refractivity contribution is 0.309. The normalized spacial score (nSPS) is 16.9. The van der Waals surface area contributed by atoms with Crippen LogP contribution in [0.4, 0.5) is 0 Å². The van der Waals surface area contributed by atoms with E-state index in [9.17, 15) is 0 Å². The second-order valence-corrected chi connectivity index (χ2v) is 4.78. The van der Waals surface area contributed by atoms with Crippen molar-refractivity contribution in [1.82, 2.24) is 25.5 Å². The molecule has 0 radical (unpaired) electrons. The van der Waals surface area contributed by atoms with Crippen LogP contribution in [0.2, 0.25) is 0 Å². The van der Waals surface area contributed by atoms with Crippen molar-refractivity contribution in [2.45, 2.75) is 25.8 Å². The molecule has 1 N–H and O–H groups in total. The van der Waals surface area contributed by atoms with E-state index in [1.54, 1.807) is 4.80 Å². The van der Waals surface area contributed by atoms with Crippen molar-refractivity contribution in [2.24, 2.45) is 0 Å². The monoisotopic (exact) mass is 243 g/mol. The summed E-state index contributed by atoms with van der Waals surface area (Å²) in [6.07, 6.45) is 2.15. The van der Waals surface area contributed by atoms with Gasteiger partial charge in [-0.2, -0.15) is 4.80 Å². The summed E-state index contributed by atoms with van der Waals surface area (Å²) in [5.74, 6) is 0.716. The van der Waals surface area contributed by atoms with Crippen molar-refractivity contribution >= 4 is 0 Å². The van der Waals surface area contributed by atoms with Gasteiger partial charge in [-0.3, -0.25) is 0 Å². The van der Waals surface area contributed by atoms with Crippen LogP contribution in [0.3, 0.4) is 0 Å². The zero-order valence-corrected chi connectivity index (χ0v) is 10.5. The Morgan fingerprint density at radius 2 is 1.89 bits per heavy atom. The van der Waals surface area contributed by atoms with Crippen molar-refractivity contribution in [1.29, 1.82) is 0 Å². The average molecular weight is 243 g/mol. The molecule has 2 heterocycles. The van der Waals surface area contributed by atoms with E-state index in [4.69, 9.17) is 0 Å². The first kappa shape index (κ1) is 11.3. The molecule has 3 rings (SSSR count). The molecule has 0 aliphatic carbocycles. The standard InChI is InChI=1S/C13H17N5/c1-10-2-4-11(5-3-10)13-15-17-18(16-13)12-6-8-14-9-7-12/h2-5,12,14H,6-9H2,1H3. The fourth-order valence-corrected chi connectivity index (χ4v) is 2.24. The Bertz CT molecular complexity index is 510. The maximum Gasteiger partial charge on any atom is 0.204 e. The zero-order valence-electron chi connectivity index (χ0n) is 10.5. The molecule has 1 saturated heterocycles. The van der Waals surface area contributed by atoms with Crippen molar-refractivity contribution in [3.05, 3.63) is 29.8 Å². The minimum atomic E-state index is 0.387. The minimum Gasteiger partial charge on any atom is -0.317 e. The predicted octanol–water partition coefficient (Wildman–Crippen LogP) is 1.57. The van der Waals surface area contributed by atoms with Gasteiger partial charge in [-0.1, -0.05) is 29.8 Å². The van der Waals surface area contributed by atoms with Gasteiger partial charge in [0.15, 0.2) is 0 Å². The highest BCUT2D eigenvalue weighted by molar-refractivity contribution is 5.53. The number of hydrogen-bond acceptors (Lipinski definition) is 4. The van der Waals surface area contributed by atoms with E-state index in [0.29, 0.717) is 11.9 Å². The molecule has 0 amide bonds. The van der Waals surface area contributed by atoms with Gasteiger partial charge in [0.05, 0.1) is 6.04 Å². The van der Waals surface area contributed by atoms with Crippen LogP contribution in [0.1, 0.15) is 24.4 Å². The van der Waals surface area contributed by atoms with Crippen LogP contribution in [0.15, 0.2) is 24.3 Å². The lowest BCUT2D eigenvalue weighted by Crippen LogP contribution is -2.30. The van der Waals surface area contributed by atoms with Gasteiger partial charge in [-0.25, -0.2) is 0 Å². The van der Waals surface area contributed by atoms with E-state index in [1.165, 1.54) is 5.56 Å². The number of hydrogen-bond donors (Lipinski definition) is 1. The number of benzene rings is 1. The number of tetrazole rings is 1. The second kappa shape index (κ2) is 4.86. The van der Waals surface area contributed by atoms with Crippen molar-refractivity contribution in [2.75, 3.05) is 13.1 Å². The fraction of sp³-hybridized carbons (Fsp3) is 0.462. The summed E-state index contributed by atoms with van der Waals surface area (Å²) in [6.45, 7) is 4.14. The Morgan fingerprint density at radius 3 is 2.61 bits per heavy atom. The van der Waals surface area contributed by atoms with E-state index in [2.05, 4.69) is 39.8 Å². The molecule has 1 aliphatic heterocycles. The first-order valence-electron chi connectivity index (χ1n) is 6.40. The van der Waals surface area contributed by atoms with Gasteiger partial charge < -0.3 is 5.32 Å². The number of nitrogens with zero attached hydrogens (tertiary/aromatic N) is 4. The van der Waals surface area contributed by atoms with Gasteiger partial charge in [0.25, 0.3) is 0 Å². The van der Waals surface area contributed by atoms with Crippen LogP contribution in [0.5, 0.6) is 0 Å². The van der Waals surface area contributed by atoms with Crippen LogP contribution in [-0.4, -0.2) is 33.3 Å². The van der Waals surface area contributed by atoms with Crippen LogP contribution in [-0.2, 0) is 0 Å². The maximum absolute atomic E-state index is 4.50. The van der Waals surface area contributed by atoms with Crippen LogP contribution < -0.4 is 5.32 Å². The molecular formula is C13H17N5. The quantitative estimate of drug-likeness (QED) is 0.870.